The highest BCUT2D eigenvalue weighted by Crippen LogP contribution is 2.10. The van der Waals surface area contributed by atoms with Crippen LogP contribution in [0.3, 0.4) is 0 Å². The zero-order valence-corrected chi connectivity index (χ0v) is 6.51. The lowest BCUT2D eigenvalue weighted by molar-refractivity contribution is -0.129. The van der Waals surface area contributed by atoms with E-state index in [1.807, 2.05) is 0 Å². The zero-order chi connectivity index (χ0) is 9.84. The number of oxime groups is 1. The molecule has 1 aromatic carbocycles. The molecule has 0 amide bonds. The number of phenolic OH excluding ortho intramolecular Hbond substituents is 1. The Kier molecular flexibility index (Phi) is 2.49. The first-order valence-corrected chi connectivity index (χ1v) is 3.40. The Labute approximate surface area is 73.6 Å². The highest BCUT2D eigenvalue weighted by Gasteiger charge is 2.12. The number of nitrogens with zero attached hydrogens (tertiary/aromatic N) is 1. The Morgan fingerprint density at radius 3 is 2.15 bits per heavy atom. The molecule has 5 nitrogen and oxygen atoms in total. The lowest BCUT2D eigenvalue weighted by Crippen LogP contribution is -2.14. The van der Waals surface area contributed by atoms with Gasteiger partial charge < -0.3 is 15.4 Å². The fraction of sp³-hybridized carbons (Fsp3) is 0. The topological polar surface area (TPSA) is 90.1 Å². The third kappa shape index (κ3) is 1.96. The summed E-state index contributed by atoms with van der Waals surface area (Å²) in [5, 5.41) is 28.4. The molecule has 1 rings (SSSR count). The first kappa shape index (κ1) is 9.05. The van der Waals surface area contributed by atoms with Crippen molar-refractivity contribution in [3.05, 3.63) is 29.8 Å². The van der Waals surface area contributed by atoms with Gasteiger partial charge in [0.2, 0.25) is 0 Å². The third-order valence-electron chi connectivity index (χ3n) is 1.44. The molecule has 5 heteroatoms. The average Bonchev–Trinajstić information content (AvgIpc) is 2.09. The van der Waals surface area contributed by atoms with E-state index in [0.717, 1.165) is 0 Å². The number of carboxylic acids is 1. The van der Waals surface area contributed by atoms with Gasteiger partial charge in [-0.2, -0.15) is 0 Å². The van der Waals surface area contributed by atoms with Crippen LogP contribution in [0.5, 0.6) is 5.75 Å². The normalized spacial score (nSPS) is 11.2. The second-order valence-corrected chi connectivity index (χ2v) is 2.30. The SMILES string of the molecule is O=C(O)/C(=N\O)c1ccc(O)cc1. The van der Waals surface area contributed by atoms with Crippen molar-refractivity contribution in [3.63, 3.8) is 0 Å². The number of carbonyl (C=O) groups is 1. The summed E-state index contributed by atoms with van der Waals surface area (Å²) in [5.41, 5.74) is -0.229. The minimum absolute atomic E-state index is 0.0198. The maximum atomic E-state index is 10.5. The molecule has 13 heavy (non-hydrogen) atoms. The molecular formula is C8H7NO4. The number of phenols is 1. The summed E-state index contributed by atoms with van der Waals surface area (Å²) in [7, 11) is 0. The molecule has 0 fully saturated rings. The van der Waals surface area contributed by atoms with Crippen LogP contribution in [0, 0.1) is 0 Å². The molecule has 0 spiro atoms. The Morgan fingerprint density at radius 2 is 1.77 bits per heavy atom. The van der Waals surface area contributed by atoms with Gasteiger partial charge in [-0.25, -0.2) is 4.79 Å². The largest absolute Gasteiger partial charge is 0.508 e. The van der Waals surface area contributed by atoms with Gasteiger partial charge in [0, 0.05) is 5.56 Å². The van der Waals surface area contributed by atoms with E-state index in [2.05, 4.69) is 5.16 Å². The standard InChI is InChI=1S/C8H7NO4/c10-6-3-1-5(2-4-6)7(9-13)8(11)12/h1-4,10,13H,(H,11,12)/b9-7-. The van der Waals surface area contributed by atoms with Crippen molar-refractivity contribution >= 4 is 11.7 Å². The van der Waals surface area contributed by atoms with Crippen molar-refractivity contribution in [2.24, 2.45) is 5.16 Å². The Morgan fingerprint density at radius 1 is 1.23 bits per heavy atom. The van der Waals surface area contributed by atoms with Crippen molar-refractivity contribution in [2.75, 3.05) is 0 Å². The summed E-state index contributed by atoms with van der Waals surface area (Å²) in [6.07, 6.45) is 0. The fourth-order valence-corrected chi connectivity index (χ4v) is 0.843. The number of carboxylic acid groups (broad SMARTS) is 1. The highest BCUT2D eigenvalue weighted by molar-refractivity contribution is 6.42. The maximum absolute atomic E-state index is 10.5. The molecule has 0 atom stereocenters. The molecule has 0 aliphatic heterocycles. The van der Waals surface area contributed by atoms with Gasteiger partial charge in [-0.3, -0.25) is 0 Å². The second kappa shape index (κ2) is 3.57. The van der Waals surface area contributed by atoms with Crippen molar-refractivity contribution < 1.29 is 20.2 Å². The number of benzene rings is 1. The smallest absolute Gasteiger partial charge is 0.358 e. The van der Waals surface area contributed by atoms with Crippen molar-refractivity contribution in [1.82, 2.24) is 0 Å². The molecule has 3 N–H and O–H groups in total. The lowest BCUT2D eigenvalue weighted by Gasteiger charge is -1.98. The van der Waals surface area contributed by atoms with Crippen LogP contribution >= 0.6 is 0 Å². The predicted octanol–water partition coefficient (Wildman–Crippen LogP) is 0.655. The van der Waals surface area contributed by atoms with E-state index in [4.69, 9.17) is 15.4 Å². The van der Waals surface area contributed by atoms with Gasteiger partial charge in [-0.05, 0) is 24.3 Å². The van der Waals surface area contributed by atoms with E-state index in [1.54, 1.807) is 0 Å². The summed E-state index contributed by atoms with van der Waals surface area (Å²) in [6, 6.07) is 5.31. The second-order valence-electron chi connectivity index (χ2n) is 2.30. The number of rotatable bonds is 2. The molecule has 0 saturated carbocycles. The minimum Gasteiger partial charge on any atom is -0.508 e. The van der Waals surface area contributed by atoms with Gasteiger partial charge in [-0.1, -0.05) is 5.16 Å². The van der Waals surface area contributed by atoms with Crippen LogP contribution in [-0.4, -0.2) is 27.1 Å². The van der Waals surface area contributed by atoms with E-state index in [-0.39, 0.29) is 11.3 Å². The average molecular weight is 181 g/mol. The van der Waals surface area contributed by atoms with Crippen LogP contribution in [0.1, 0.15) is 5.56 Å². The predicted molar refractivity (Wildman–Crippen MR) is 44.1 cm³/mol. The summed E-state index contributed by atoms with van der Waals surface area (Å²) in [4.78, 5) is 10.5. The van der Waals surface area contributed by atoms with Crippen LogP contribution in [0.15, 0.2) is 29.4 Å². The van der Waals surface area contributed by atoms with Gasteiger partial charge in [-0.15, -0.1) is 0 Å². The van der Waals surface area contributed by atoms with Crippen LogP contribution in [-0.2, 0) is 4.79 Å². The van der Waals surface area contributed by atoms with E-state index in [1.165, 1.54) is 24.3 Å². The molecular weight excluding hydrogens is 174 g/mol. The summed E-state index contributed by atoms with van der Waals surface area (Å²) in [6.45, 7) is 0. The zero-order valence-electron chi connectivity index (χ0n) is 6.51. The summed E-state index contributed by atoms with van der Waals surface area (Å²) >= 11 is 0. The van der Waals surface area contributed by atoms with Crippen LogP contribution in [0.4, 0.5) is 0 Å². The summed E-state index contributed by atoms with van der Waals surface area (Å²) < 4.78 is 0. The molecule has 0 unspecified atom stereocenters. The van der Waals surface area contributed by atoms with Gasteiger partial charge in [0.15, 0.2) is 5.71 Å². The van der Waals surface area contributed by atoms with Crippen LogP contribution in [0.25, 0.3) is 0 Å². The molecule has 0 heterocycles. The number of hydrogen-bond acceptors (Lipinski definition) is 4. The first-order valence-electron chi connectivity index (χ1n) is 3.40. The first-order chi connectivity index (χ1) is 6.15. The number of hydrogen-bond donors (Lipinski definition) is 3. The molecule has 0 aliphatic carbocycles. The van der Waals surface area contributed by atoms with E-state index in [9.17, 15) is 4.79 Å². The quantitative estimate of drug-likeness (QED) is 0.355. The van der Waals surface area contributed by atoms with Crippen molar-refractivity contribution in [3.8, 4) is 5.75 Å². The minimum atomic E-state index is -1.33. The molecule has 0 aliphatic rings. The fourth-order valence-electron chi connectivity index (χ4n) is 0.843. The van der Waals surface area contributed by atoms with Gasteiger partial charge in [0.25, 0.3) is 0 Å². The third-order valence-corrected chi connectivity index (χ3v) is 1.44. The highest BCUT2D eigenvalue weighted by atomic mass is 16.4. The number of aliphatic carboxylic acids is 1. The molecule has 0 bridgehead atoms. The van der Waals surface area contributed by atoms with Gasteiger partial charge in [0.1, 0.15) is 5.75 Å². The van der Waals surface area contributed by atoms with E-state index < -0.39 is 11.7 Å². The molecule has 68 valence electrons. The van der Waals surface area contributed by atoms with E-state index in [0.29, 0.717) is 0 Å². The molecule has 0 aromatic heterocycles. The Balaban J connectivity index is 3.07. The number of aromatic hydroxyl groups is 1. The monoisotopic (exact) mass is 181 g/mol. The van der Waals surface area contributed by atoms with Crippen LogP contribution < -0.4 is 0 Å². The Hall–Kier alpha value is -2.04. The van der Waals surface area contributed by atoms with E-state index >= 15 is 0 Å². The van der Waals surface area contributed by atoms with Gasteiger partial charge in [0.05, 0.1) is 0 Å². The Bertz CT molecular complexity index is 342. The maximum Gasteiger partial charge on any atom is 0.358 e. The molecule has 1 aromatic rings. The van der Waals surface area contributed by atoms with Crippen molar-refractivity contribution in [1.29, 1.82) is 0 Å². The molecule has 0 saturated heterocycles. The van der Waals surface area contributed by atoms with Crippen molar-refractivity contribution in [2.45, 2.75) is 0 Å². The lowest BCUT2D eigenvalue weighted by atomic mass is 10.1. The molecule has 0 radical (unpaired) electrons. The summed E-state index contributed by atoms with van der Waals surface area (Å²) in [5.74, 6) is -1.31. The van der Waals surface area contributed by atoms with Gasteiger partial charge >= 0.3 is 5.97 Å². The van der Waals surface area contributed by atoms with Crippen LogP contribution in [0.2, 0.25) is 0 Å².